The Morgan fingerprint density at radius 2 is 1.74 bits per heavy atom. The Morgan fingerprint density at radius 3 is 2.39 bits per heavy atom. The van der Waals surface area contributed by atoms with Gasteiger partial charge in [-0.2, -0.15) is 0 Å². The number of ketones is 1. The van der Waals surface area contributed by atoms with Crippen LogP contribution in [0.5, 0.6) is 11.5 Å². The number of esters is 1. The number of hydrogen-bond donors (Lipinski definition) is 0. The number of halogens is 1. The van der Waals surface area contributed by atoms with Gasteiger partial charge in [0.1, 0.15) is 17.3 Å². The van der Waals surface area contributed by atoms with E-state index in [1.54, 1.807) is 24.3 Å². The highest BCUT2D eigenvalue weighted by atomic mass is 19.1. The van der Waals surface area contributed by atoms with Crippen LogP contribution in [0.15, 0.2) is 48.5 Å². The molecule has 0 saturated heterocycles. The molecular formula is C17H15FO5. The molecule has 0 bridgehead atoms. The van der Waals surface area contributed by atoms with Gasteiger partial charge in [-0.1, -0.05) is 6.07 Å². The Kier molecular flexibility index (Phi) is 5.68. The lowest BCUT2D eigenvalue weighted by Crippen LogP contribution is -2.19. The zero-order chi connectivity index (χ0) is 16.7. The number of benzene rings is 2. The molecule has 0 unspecified atom stereocenters. The fourth-order valence-corrected chi connectivity index (χ4v) is 1.75. The summed E-state index contributed by atoms with van der Waals surface area (Å²) in [7, 11) is 1.53. The minimum Gasteiger partial charge on any atom is -0.497 e. The smallest absolute Gasteiger partial charge is 0.344 e. The maximum absolute atomic E-state index is 12.9. The normalized spacial score (nSPS) is 10.0. The third-order valence-corrected chi connectivity index (χ3v) is 2.93. The minimum absolute atomic E-state index is 0.212. The van der Waals surface area contributed by atoms with Crippen LogP contribution in [0.4, 0.5) is 4.39 Å². The van der Waals surface area contributed by atoms with Gasteiger partial charge in [-0.05, 0) is 36.4 Å². The molecule has 2 rings (SSSR count). The number of methoxy groups -OCH3 is 1. The van der Waals surface area contributed by atoms with E-state index in [1.165, 1.54) is 25.3 Å². The lowest BCUT2D eigenvalue weighted by Gasteiger charge is -2.07. The molecule has 0 aliphatic rings. The van der Waals surface area contributed by atoms with Gasteiger partial charge >= 0.3 is 5.97 Å². The van der Waals surface area contributed by atoms with E-state index in [4.69, 9.17) is 14.2 Å². The molecule has 0 aliphatic heterocycles. The van der Waals surface area contributed by atoms with Crippen molar-refractivity contribution in [1.29, 1.82) is 0 Å². The molecule has 0 spiro atoms. The molecular weight excluding hydrogens is 303 g/mol. The average molecular weight is 318 g/mol. The van der Waals surface area contributed by atoms with Crippen LogP contribution >= 0.6 is 0 Å². The highest BCUT2D eigenvalue weighted by Gasteiger charge is 2.11. The van der Waals surface area contributed by atoms with Gasteiger partial charge in [-0.15, -0.1) is 0 Å². The van der Waals surface area contributed by atoms with Crippen LogP contribution in [-0.4, -0.2) is 32.1 Å². The van der Waals surface area contributed by atoms with E-state index >= 15 is 0 Å². The Balaban J connectivity index is 1.78. The maximum atomic E-state index is 12.9. The SMILES string of the molecule is COc1ccc(C(=O)COC(=O)COc2cccc(F)c2)cc1. The summed E-state index contributed by atoms with van der Waals surface area (Å²) >= 11 is 0. The van der Waals surface area contributed by atoms with Crippen molar-refractivity contribution in [3.63, 3.8) is 0 Å². The van der Waals surface area contributed by atoms with Crippen molar-refractivity contribution < 1.29 is 28.2 Å². The van der Waals surface area contributed by atoms with E-state index in [2.05, 4.69) is 0 Å². The summed E-state index contributed by atoms with van der Waals surface area (Å²) in [5, 5.41) is 0. The van der Waals surface area contributed by atoms with E-state index in [0.717, 1.165) is 6.07 Å². The van der Waals surface area contributed by atoms with E-state index in [-0.39, 0.29) is 11.5 Å². The Hall–Kier alpha value is -2.89. The maximum Gasteiger partial charge on any atom is 0.344 e. The molecule has 0 saturated carbocycles. The summed E-state index contributed by atoms with van der Waals surface area (Å²) in [6.07, 6.45) is 0. The van der Waals surface area contributed by atoms with Gasteiger partial charge in [-0.3, -0.25) is 4.79 Å². The van der Waals surface area contributed by atoms with Crippen LogP contribution in [0.1, 0.15) is 10.4 Å². The predicted octanol–water partition coefficient (Wildman–Crippen LogP) is 2.64. The van der Waals surface area contributed by atoms with Crippen LogP contribution in [0.2, 0.25) is 0 Å². The van der Waals surface area contributed by atoms with Crippen molar-refractivity contribution in [2.75, 3.05) is 20.3 Å². The molecule has 0 atom stereocenters. The van der Waals surface area contributed by atoms with Crippen molar-refractivity contribution in [2.45, 2.75) is 0 Å². The highest BCUT2D eigenvalue weighted by molar-refractivity contribution is 5.98. The molecule has 0 fully saturated rings. The van der Waals surface area contributed by atoms with E-state index in [9.17, 15) is 14.0 Å². The lowest BCUT2D eigenvalue weighted by atomic mass is 10.1. The number of ether oxygens (including phenoxy) is 3. The first kappa shape index (κ1) is 16.5. The van der Waals surface area contributed by atoms with Crippen molar-refractivity contribution in [3.8, 4) is 11.5 Å². The first-order chi connectivity index (χ1) is 11.1. The molecule has 120 valence electrons. The highest BCUT2D eigenvalue weighted by Crippen LogP contribution is 2.13. The van der Waals surface area contributed by atoms with Gasteiger partial charge in [-0.25, -0.2) is 9.18 Å². The summed E-state index contributed by atoms with van der Waals surface area (Å²) < 4.78 is 27.8. The molecule has 0 amide bonds. The second-order valence-corrected chi connectivity index (χ2v) is 4.56. The number of carbonyl (C=O) groups excluding carboxylic acids is 2. The van der Waals surface area contributed by atoms with Gasteiger partial charge < -0.3 is 14.2 Å². The third kappa shape index (κ3) is 5.10. The van der Waals surface area contributed by atoms with Gasteiger partial charge in [0.25, 0.3) is 0 Å². The molecule has 0 N–H and O–H groups in total. The number of carbonyl (C=O) groups is 2. The van der Waals surface area contributed by atoms with E-state index in [1.807, 2.05) is 0 Å². The van der Waals surface area contributed by atoms with Crippen molar-refractivity contribution in [3.05, 3.63) is 59.9 Å². The van der Waals surface area contributed by atoms with Crippen molar-refractivity contribution in [2.24, 2.45) is 0 Å². The quantitative estimate of drug-likeness (QED) is 0.580. The summed E-state index contributed by atoms with van der Waals surface area (Å²) in [4.78, 5) is 23.4. The second-order valence-electron chi connectivity index (χ2n) is 4.56. The van der Waals surface area contributed by atoms with Gasteiger partial charge in [0.15, 0.2) is 19.0 Å². The zero-order valence-corrected chi connectivity index (χ0v) is 12.5. The molecule has 2 aromatic carbocycles. The minimum atomic E-state index is -0.712. The van der Waals surface area contributed by atoms with E-state index in [0.29, 0.717) is 11.3 Å². The standard InChI is InChI=1S/C17H15FO5/c1-21-14-7-5-12(6-8-14)16(19)10-23-17(20)11-22-15-4-2-3-13(18)9-15/h2-9H,10-11H2,1H3. The summed E-state index contributed by atoms with van der Waals surface area (Å²) in [6, 6.07) is 11.8. The fraction of sp³-hybridized carbons (Fsp3) is 0.176. The summed E-state index contributed by atoms with van der Waals surface area (Å²) in [5.41, 5.74) is 0.407. The summed E-state index contributed by atoms with van der Waals surface area (Å²) in [6.45, 7) is -0.795. The van der Waals surface area contributed by atoms with Crippen LogP contribution in [0.3, 0.4) is 0 Å². The van der Waals surface area contributed by atoms with Crippen LogP contribution in [0, 0.1) is 5.82 Å². The average Bonchev–Trinajstić information content (AvgIpc) is 2.58. The van der Waals surface area contributed by atoms with E-state index < -0.39 is 25.0 Å². The molecule has 5 nitrogen and oxygen atoms in total. The van der Waals surface area contributed by atoms with Crippen LogP contribution in [0.25, 0.3) is 0 Å². The molecule has 2 aromatic rings. The molecule has 0 radical (unpaired) electrons. The first-order valence-corrected chi connectivity index (χ1v) is 6.80. The van der Waals surface area contributed by atoms with Gasteiger partial charge in [0.05, 0.1) is 7.11 Å². The van der Waals surface area contributed by atoms with Gasteiger partial charge in [0.2, 0.25) is 0 Å². The summed E-state index contributed by atoms with van der Waals surface area (Å²) in [5.74, 6) is -0.682. The Labute approximate surface area is 132 Å². The Morgan fingerprint density at radius 1 is 1.00 bits per heavy atom. The van der Waals surface area contributed by atoms with Crippen LogP contribution < -0.4 is 9.47 Å². The lowest BCUT2D eigenvalue weighted by molar-refractivity contribution is -0.144. The number of Topliss-reactive ketones (excluding diaryl/α,β-unsaturated/α-hetero) is 1. The molecule has 0 heterocycles. The predicted molar refractivity (Wildman–Crippen MR) is 80.2 cm³/mol. The first-order valence-electron chi connectivity index (χ1n) is 6.80. The molecule has 0 aromatic heterocycles. The topological polar surface area (TPSA) is 61.8 Å². The molecule has 0 aliphatic carbocycles. The van der Waals surface area contributed by atoms with Crippen molar-refractivity contribution >= 4 is 11.8 Å². The number of hydrogen-bond acceptors (Lipinski definition) is 5. The molecule has 6 heteroatoms. The van der Waals surface area contributed by atoms with Crippen molar-refractivity contribution in [1.82, 2.24) is 0 Å². The largest absolute Gasteiger partial charge is 0.497 e. The monoisotopic (exact) mass is 318 g/mol. The number of rotatable bonds is 7. The van der Waals surface area contributed by atoms with Crippen LogP contribution in [-0.2, 0) is 9.53 Å². The fourth-order valence-electron chi connectivity index (χ4n) is 1.75. The zero-order valence-electron chi connectivity index (χ0n) is 12.5. The van der Waals surface area contributed by atoms with Gasteiger partial charge in [0, 0.05) is 11.6 Å². The second kappa shape index (κ2) is 7.93. The Bertz CT molecular complexity index is 682. The molecule has 23 heavy (non-hydrogen) atoms. The third-order valence-electron chi connectivity index (χ3n) is 2.93.